The van der Waals surface area contributed by atoms with Crippen LogP contribution in [0, 0.1) is 13.8 Å². The largest absolute Gasteiger partial charge is 0.306 e. The lowest BCUT2D eigenvalue weighted by atomic mass is 9.87. The van der Waals surface area contributed by atoms with Gasteiger partial charge in [-0.3, -0.25) is 0 Å². The first kappa shape index (κ1) is 11.5. The number of benzene rings is 2. The molecule has 1 atom stereocenters. The van der Waals surface area contributed by atoms with E-state index in [-0.39, 0.29) is 0 Å². The van der Waals surface area contributed by atoms with E-state index in [9.17, 15) is 0 Å². The summed E-state index contributed by atoms with van der Waals surface area (Å²) in [6, 6.07) is 15.9. The first-order chi connectivity index (χ1) is 8.75. The summed E-state index contributed by atoms with van der Waals surface area (Å²) in [7, 11) is 0. The number of hydrogen-bond acceptors (Lipinski definition) is 1. The van der Waals surface area contributed by atoms with Gasteiger partial charge in [-0.15, -0.1) is 0 Å². The lowest BCUT2D eigenvalue weighted by Gasteiger charge is -2.28. The van der Waals surface area contributed by atoms with Gasteiger partial charge in [-0.2, -0.15) is 0 Å². The van der Waals surface area contributed by atoms with Crippen molar-refractivity contribution in [3.63, 3.8) is 0 Å². The molecule has 0 unspecified atom stereocenters. The average Bonchev–Trinajstić information content (AvgIpc) is 2.38. The van der Waals surface area contributed by atoms with E-state index in [0.29, 0.717) is 6.04 Å². The van der Waals surface area contributed by atoms with E-state index in [0.717, 1.165) is 13.0 Å². The summed E-state index contributed by atoms with van der Waals surface area (Å²) in [6.07, 6.45) is 1.14. The fraction of sp³-hybridized carbons (Fsp3) is 0.294. The van der Waals surface area contributed by atoms with Crippen LogP contribution >= 0.6 is 0 Å². The Kier molecular flexibility index (Phi) is 2.92. The van der Waals surface area contributed by atoms with Gasteiger partial charge >= 0.3 is 0 Å². The van der Waals surface area contributed by atoms with E-state index in [1.807, 2.05) is 0 Å². The third kappa shape index (κ3) is 1.95. The van der Waals surface area contributed by atoms with Gasteiger partial charge in [0.1, 0.15) is 0 Å². The first-order valence-electron chi connectivity index (χ1n) is 6.64. The van der Waals surface area contributed by atoms with Crippen LogP contribution < -0.4 is 5.32 Å². The molecule has 0 fully saturated rings. The molecule has 0 spiro atoms. The lowest BCUT2D eigenvalue weighted by molar-refractivity contribution is 0.565. The standard InChI is InChI=1S/C17H19N/c1-12-7-8-16-14(11-12)9-10-18-17(16)15-6-4-3-5-13(15)2/h3-8,11,17-18H,9-10H2,1-2H3/t17-/m1/s1. The van der Waals surface area contributed by atoms with Crippen molar-refractivity contribution in [1.29, 1.82) is 0 Å². The van der Waals surface area contributed by atoms with Gasteiger partial charge in [0, 0.05) is 6.54 Å². The Morgan fingerprint density at radius 3 is 2.67 bits per heavy atom. The average molecular weight is 237 g/mol. The zero-order valence-corrected chi connectivity index (χ0v) is 11.0. The molecule has 1 aliphatic rings. The zero-order chi connectivity index (χ0) is 12.5. The van der Waals surface area contributed by atoms with Gasteiger partial charge in [-0.1, -0.05) is 48.0 Å². The highest BCUT2D eigenvalue weighted by Gasteiger charge is 2.21. The maximum absolute atomic E-state index is 3.65. The Balaban J connectivity index is 2.09. The molecule has 1 nitrogen and oxygen atoms in total. The maximum Gasteiger partial charge on any atom is 0.0582 e. The Labute approximate surface area is 109 Å². The maximum atomic E-state index is 3.65. The highest BCUT2D eigenvalue weighted by molar-refractivity contribution is 5.43. The van der Waals surface area contributed by atoms with Gasteiger partial charge in [0.05, 0.1) is 6.04 Å². The minimum Gasteiger partial charge on any atom is -0.306 e. The molecule has 2 aromatic rings. The van der Waals surface area contributed by atoms with Crippen LogP contribution in [0.15, 0.2) is 42.5 Å². The third-order valence-corrected chi connectivity index (χ3v) is 3.85. The topological polar surface area (TPSA) is 12.0 Å². The van der Waals surface area contributed by atoms with Crippen molar-refractivity contribution in [1.82, 2.24) is 5.32 Å². The summed E-state index contributed by atoms with van der Waals surface area (Å²) in [4.78, 5) is 0. The normalized spacial score (nSPS) is 18.4. The second-order valence-electron chi connectivity index (χ2n) is 5.20. The first-order valence-corrected chi connectivity index (χ1v) is 6.64. The predicted molar refractivity (Wildman–Crippen MR) is 75.9 cm³/mol. The number of aryl methyl sites for hydroxylation is 2. The predicted octanol–water partition coefficient (Wildman–Crippen LogP) is 3.54. The SMILES string of the molecule is Cc1ccc2c(c1)CCN[C@@H]2c1ccccc1C. The molecule has 0 radical (unpaired) electrons. The minimum atomic E-state index is 0.357. The summed E-state index contributed by atoms with van der Waals surface area (Å²) < 4.78 is 0. The summed E-state index contributed by atoms with van der Waals surface area (Å²) in [6.45, 7) is 5.43. The van der Waals surface area contributed by atoms with Crippen LogP contribution in [0.4, 0.5) is 0 Å². The van der Waals surface area contributed by atoms with Gasteiger partial charge in [0.2, 0.25) is 0 Å². The molecule has 18 heavy (non-hydrogen) atoms. The van der Waals surface area contributed by atoms with Crippen molar-refractivity contribution >= 4 is 0 Å². The van der Waals surface area contributed by atoms with E-state index in [1.54, 1.807) is 0 Å². The van der Waals surface area contributed by atoms with Crippen LogP contribution in [0.5, 0.6) is 0 Å². The Morgan fingerprint density at radius 1 is 1.00 bits per heavy atom. The van der Waals surface area contributed by atoms with Crippen LogP contribution in [-0.2, 0) is 6.42 Å². The van der Waals surface area contributed by atoms with Gasteiger partial charge in [-0.25, -0.2) is 0 Å². The van der Waals surface area contributed by atoms with Crippen molar-refractivity contribution in [3.8, 4) is 0 Å². The Bertz CT molecular complexity index is 572. The smallest absolute Gasteiger partial charge is 0.0582 e. The van der Waals surface area contributed by atoms with E-state index < -0.39 is 0 Å². The molecule has 0 saturated heterocycles. The van der Waals surface area contributed by atoms with Gasteiger partial charge in [-0.05, 0) is 42.5 Å². The molecule has 0 aliphatic carbocycles. The summed E-state index contributed by atoms with van der Waals surface area (Å²) in [5.41, 5.74) is 7.08. The molecule has 0 aromatic heterocycles. The molecule has 1 aliphatic heterocycles. The second kappa shape index (κ2) is 4.58. The molecule has 0 bridgehead atoms. The number of rotatable bonds is 1. The van der Waals surface area contributed by atoms with Crippen LogP contribution in [0.2, 0.25) is 0 Å². The minimum absolute atomic E-state index is 0.357. The number of fused-ring (bicyclic) bond motifs is 1. The molecule has 2 aromatic carbocycles. The van der Waals surface area contributed by atoms with E-state index in [4.69, 9.17) is 0 Å². The molecule has 92 valence electrons. The second-order valence-corrected chi connectivity index (χ2v) is 5.20. The van der Waals surface area contributed by atoms with Gasteiger partial charge in [0.15, 0.2) is 0 Å². The molecule has 1 heteroatoms. The molecular formula is C17H19N. The van der Waals surface area contributed by atoms with Crippen LogP contribution in [0.3, 0.4) is 0 Å². The highest BCUT2D eigenvalue weighted by Crippen LogP contribution is 2.30. The van der Waals surface area contributed by atoms with Crippen molar-refractivity contribution in [2.24, 2.45) is 0 Å². The van der Waals surface area contributed by atoms with Crippen molar-refractivity contribution in [2.75, 3.05) is 6.54 Å². The molecular weight excluding hydrogens is 218 g/mol. The third-order valence-electron chi connectivity index (χ3n) is 3.85. The molecule has 3 rings (SSSR count). The molecule has 1 heterocycles. The van der Waals surface area contributed by atoms with E-state index in [2.05, 4.69) is 61.6 Å². The Hall–Kier alpha value is -1.60. The van der Waals surface area contributed by atoms with Crippen molar-refractivity contribution in [3.05, 3.63) is 70.3 Å². The van der Waals surface area contributed by atoms with E-state index in [1.165, 1.54) is 27.8 Å². The molecule has 0 amide bonds. The van der Waals surface area contributed by atoms with Gasteiger partial charge < -0.3 is 5.32 Å². The van der Waals surface area contributed by atoms with Crippen LogP contribution in [-0.4, -0.2) is 6.54 Å². The number of hydrogen-bond donors (Lipinski definition) is 1. The Morgan fingerprint density at radius 2 is 1.83 bits per heavy atom. The van der Waals surface area contributed by atoms with Crippen molar-refractivity contribution in [2.45, 2.75) is 26.3 Å². The zero-order valence-electron chi connectivity index (χ0n) is 11.0. The summed E-state index contributed by atoms with van der Waals surface area (Å²) in [5.74, 6) is 0. The van der Waals surface area contributed by atoms with Crippen molar-refractivity contribution < 1.29 is 0 Å². The quantitative estimate of drug-likeness (QED) is 0.800. The fourth-order valence-corrected chi connectivity index (χ4v) is 2.88. The van der Waals surface area contributed by atoms with Crippen LogP contribution in [0.25, 0.3) is 0 Å². The lowest BCUT2D eigenvalue weighted by Crippen LogP contribution is -2.31. The highest BCUT2D eigenvalue weighted by atomic mass is 14.9. The summed E-state index contributed by atoms with van der Waals surface area (Å²) >= 11 is 0. The van der Waals surface area contributed by atoms with Gasteiger partial charge in [0.25, 0.3) is 0 Å². The van der Waals surface area contributed by atoms with Crippen LogP contribution in [0.1, 0.15) is 33.9 Å². The fourth-order valence-electron chi connectivity index (χ4n) is 2.88. The monoisotopic (exact) mass is 237 g/mol. The summed E-state index contributed by atoms with van der Waals surface area (Å²) in [5, 5.41) is 3.65. The van der Waals surface area contributed by atoms with E-state index >= 15 is 0 Å². The molecule has 1 N–H and O–H groups in total. The molecule has 0 saturated carbocycles. The number of nitrogens with one attached hydrogen (secondary N) is 1.